The van der Waals surface area contributed by atoms with E-state index < -0.39 is 6.10 Å². The molecular weight excluding hydrogens is 384 g/mol. The van der Waals surface area contributed by atoms with Crippen LogP contribution in [0, 0.1) is 0 Å². The SMILES string of the molecule is OC(c1ncc(Br)cc1Br)c1cncc2ccccc12. The van der Waals surface area contributed by atoms with Gasteiger partial charge in [0.25, 0.3) is 0 Å². The highest BCUT2D eigenvalue weighted by molar-refractivity contribution is 9.11. The molecule has 2 heterocycles. The van der Waals surface area contributed by atoms with Gasteiger partial charge >= 0.3 is 0 Å². The number of fused-ring (bicyclic) bond motifs is 1. The molecule has 3 nitrogen and oxygen atoms in total. The van der Waals surface area contributed by atoms with Crippen molar-refractivity contribution in [3.8, 4) is 0 Å². The highest BCUT2D eigenvalue weighted by Crippen LogP contribution is 2.31. The van der Waals surface area contributed by atoms with Gasteiger partial charge in [-0.25, -0.2) is 0 Å². The zero-order chi connectivity index (χ0) is 14.1. The van der Waals surface area contributed by atoms with Crippen LogP contribution in [0.4, 0.5) is 0 Å². The largest absolute Gasteiger partial charge is 0.382 e. The first-order valence-corrected chi connectivity index (χ1v) is 7.57. The molecule has 1 aromatic carbocycles. The predicted octanol–water partition coefficient (Wildman–Crippen LogP) is 4.24. The second-order valence-corrected chi connectivity index (χ2v) is 6.14. The van der Waals surface area contributed by atoms with Gasteiger partial charge in [-0.2, -0.15) is 0 Å². The van der Waals surface area contributed by atoms with Crippen LogP contribution >= 0.6 is 31.9 Å². The number of aliphatic hydroxyl groups is 1. The Kier molecular flexibility index (Phi) is 3.83. The van der Waals surface area contributed by atoms with Gasteiger partial charge in [-0.1, -0.05) is 24.3 Å². The topological polar surface area (TPSA) is 46.0 Å². The monoisotopic (exact) mass is 392 g/mol. The maximum absolute atomic E-state index is 10.6. The summed E-state index contributed by atoms with van der Waals surface area (Å²) < 4.78 is 1.61. The summed E-state index contributed by atoms with van der Waals surface area (Å²) in [5.74, 6) is 0. The Morgan fingerprint density at radius 3 is 2.65 bits per heavy atom. The smallest absolute Gasteiger partial charge is 0.124 e. The Balaban J connectivity index is 2.15. The Bertz CT molecular complexity index is 771. The molecule has 0 aliphatic heterocycles. The van der Waals surface area contributed by atoms with E-state index >= 15 is 0 Å². The maximum Gasteiger partial charge on any atom is 0.124 e. The number of aliphatic hydroxyl groups excluding tert-OH is 1. The van der Waals surface area contributed by atoms with Gasteiger partial charge in [0.1, 0.15) is 6.10 Å². The molecule has 1 atom stereocenters. The van der Waals surface area contributed by atoms with Crippen LogP contribution in [0.2, 0.25) is 0 Å². The summed E-state index contributed by atoms with van der Waals surface area (Å²) in [6.07, 6.45) is 4.32. The van der Waals surface area contributed by atoms with Gasteiger partial charge in [0.05, 0.1) is 5.69 Å². The predicted molar refractivity (Wildman–Crippen MR) is 85.4 cm³/mol. The normalized spacial score (nSPS) is 12.6. The minimum Gasteiger partial charge on any atom is -0.382 e. The van der Waals surface area contributed by atoms with Crippen molar-refractivity contribution in [1.82, 2.24) is 9.97 Å². The number of hydrogen-bond acceptors (Lipinski definition) is 3. The molecule has 0 aliphatic carbocycles. The summed E-state index contributed by atoms with van der Waals surface area (Å²) in [5, 5.41) is 12.6. The maximum atomic E-state index is 10.6. The van der Waals surface area contributed by atoms with E-state index in [4.69, 9.17) is 0 Å². The first-order valence-electron chi connectivity index (χ1n) is 5.98. The number of halogens is 2. The molecule has 3 rings (SSSR count). The average Bonchev–Trinajstić information content (AvgIpc) is 2.46. The summed E-state index contributed by atoms with van der Waals surface area (Å²) in [4.78, 5) is 8.48. The summed E-state index contributed by atoms with van der Waals surface area (Å²) in [7, 11) is 0. The third-order valence-electron chi connectivity index (χ3n) is 3.09. The molecule has 2 aromatic heterocycles. The average molecular weight is 394 g/mol. The lowest BCUT2D eigenvalue weighted by molar-refractivity contribution is 0.215. The van der Waals surface area contributed by atoms with E-state index in [1.807, 2.05) is 30.3 Å². The Hall–Kier alpha value is -1.30. The van der Waals surface area contributed by atoms with Crippen molar-refractivity contribution in [1.29, 1.82) is 0 Å². The third-order valence-corrected chi connectivity index (χ3v) is 4.16. The van der Waals surface area contributed by atoms with Crippen LogP contribution in [-0.4, -0.2) is 15.1 Å². The molecule has 0 fully saturated rings. The zero-order valence-electron chi connectivity index (χ0n) is 10.3. The number of aromatic nitrogens is 2. The molecular formula is C15H10Br2N2O. The fraction of sp³-hybridized carbons (Fsp3) is 0.0667. The van der Waals surface area contributed by atoms with Gasteiger partial charge < -0.3 is 5.11 Å². The lowest BCUT2D eigenvalue weighted by Gasteiger charge is -2.14. The van der Waals surface area contributed by atoms with E-state index in [1.165, 1.54) is 0 Å². The molecule has 100 valence electrons. The first kappa shape index (κ1) is 13.7. The van der Waals surface area contributed by atoms with Gasteiger partial charge in [-0.05, 0) is 43.3 Å². The van der Waals surface area contributed by atoms with Crippen LogP contribution in [0.1, 0.15) is 17.4 Å². The van der Waals surface area contributed by atoms with Crippen LogP contribution in [0.3, 0.4) is 0 Å². The van der Waals surface area contributed by atoms with Crippen LogP contribution in [0.15, 0.2) is 57.9 Å². The molecule has 0 amide bonds. The molecule has 3 aromatic rings. The van der Waals surface area contributed by atoms with E-state index in [1.54, 1.807) is 18.6 Å². The lowest BCUT2D eigenvalue weighted by Crippen LogP contribution is -2.04. The standard InChI is InChI=1S/C15H10Br2N2O/c16-10-5-13(17)14(19-7-10)15(20)12-8-18-6-9-3-1-2-4-11(9)12/h1-8,15,20H. The van der Waals surface area contributed by atoms with E-state index in [9.17, 15) is 5.11 Å². The Labute approximate surface area is 133 Å². The number of benzene rings is 1. The first-order chi connectivity index (χ1) is 9.66. The molecule has 1 unspecified atom stereocenters. The Morgan fingerprint density at radius 2 is 1.85 bits per heavy atom. The van der Waals surface area contributed by atoms with E-state index in [2.05, 4.69) is 41.8 Å². The highest BCUT2D eigenvalue weighted by atomic mass is 79.9. The van der Waals surface area contributed by atoms with E-state index in [0.717, 1.165) is 25.3 Å². The molecule has 0 spiro atoms. The minimum atomic E-state index is -0.823. The molecule has 0 aliphatic rings. The van der Waals surface area contributed by atoms with E-state index in [-0.39, 0.29) is 0 Å². The zero-order valence-corrected chi connectivity index (χ0v) is 13.5. The molecule has 5 heteroatoms. The fourth-order valence-corrected chi connectivity index (χ4v) is 3.34. The van der Waals surface area contributed by atoms with Gasteiger partial charge in [0.15, 0.2) is 0 Å². The van der Waals surface area contributed by atoms with E-state index in [0.29, 0.717) is 5.69 Å². The fourth-order valence-electron chi connectivity index (χ4n) is 2.13. The van der Waals surface area contributed by atoms with Crippen molar-refractivity contribution in [2.75, 3.05) is 0 Å². The molecule has 0 radical (unpaired) electrons. The molecule has 0 bridgehead atoms. The summed E-state index contributed by atoms with van der Waals surface area (Å²) in [6.45, 7) is 0. The van der Waals surface area contributed by atoms with Crippen molar-refractivity contribution in [2.24, 2.45) is 0 Å². The third kappa shape index (κ3) is 2.49. The summed E-state index contributed by atoms with van der Waals surface area (Å²) >= 11 is 6.79. The van der Waals surface area contributed by atoms with Gasteiger partial charge in [-0.15, -0.1) is 0 Å². The molecule has 0 saturated heterocycles. The van der Waals surface area contributed by atoms with Gasteiger partial charge in [0.2, 0.25) is 0 Å². The molecule has 0 saturated carbocycles. The number of rotatable bonds is 2. The van der Waals surface area contributed by atoms with Gasteiger partial charge in [0, 0.05) is 38.5 Å². The quantitative estimate of drug-likeness (QED) is 0.708. The van der Waals surface area contributed by atoms with Crippen LogP contribution in [-0.2, 0) is 0 Å². The van der Waals surface area contributed by atoms with Crippen molar-refractivity contribution in [3.05, 3.63) is 69.1 Å². The highest BCUT2D eigenvalue weighted by Gasteiger charge is 2.18. The van der Waals surface area contributed by atoms with Crippen molar-refractivity contribution < 1.29 is 5.11 Å². The summed E-state index contributed by atoms with van der Waals surface area (Å²) in [6, 6.07) is 9.71. The molecule has 1 N–H and O–H groups in total. The second kappa shape index (κ2) is 5.60. The van der Waals surface area contributed by atoms with Crippen molar-refractivity contribution >= 4 is 42.6 Å². The van der Waals surface area contributed by atoms with Crippen LogP contribution < -0.4 is 0 Å². The van der Waals surface area contributed by atoms with Gasteiger partial charge in [-0.3, -0.25) is 9.97 Å². The minimum absolute atomic E-state index is 0.575. The summed E-state index contributed by atoms with van der Waals surface area (Å²) in [5.41, 5.74) is 1.32. The number of pyridine rings is 2. The van der Waals surface area contributed by atoms with Crippen molar-refractivity contribution in [2.45, 2.75) is 6.10 Å². The Morgan fingerprint density at radius 1 is 1.05 bits per heavy atom. The van der Waals surface area contributed by atoms with Crippen LogP contribution in [0.5, 0.6) is 0 Å². The van der Waals surface area contributed by atoms with Crippen molar-refractivity contribution in [3.63, 3.8) is 0 Å². The number of nitrogens with zero attached hydrogens (tertiary/aromatic N) is 2. The second-order valence-electron chi connectivity index (χ2n) is 4.37. The lowest BCUT2D eigenvalue weighted by atomic mass is 10.0. The van der Waals surface area contributed by atoms with Crippen LogP contribution in [0.25, 0.3) is 10.8 Å². The number of hydrogen-bond donors (Lipinski definition) is 1. The molecule has 20 heavy (non-hydrogen) atoms.